The van der Waals surface area contributed by atoms with Gasteiger partial charge >= 0.3 is 0 Å². The summed E-state index contributed by atoms with van der Waals surface area (Å²) in [5.74, 6) is 1.16. The first kappa shape index (κ1) is 21.9. The van der Waals surface area contributed by atoms with E-state index in [0.29, 0.717) is 18.3 Å². The summed E-state index contributed by atoms with van der Waals surface area (Å²) in [6.45, 7) is 10.6. The van der Waals surface area contributed by atoms with Crippen molar-refractivity contribution in [2.75, 3.05) is 18.8 Å². The molecule has 1 saturated heterocycles. The van der Waals surface area contributed by atoms with Gasteiger partial charge < -0.3 is 9.64 Å². The maximum absolute atomic E-state index is 12.9. The van der Waals surface area contributed by atoms with Gasteiger partial charge in [-0.05, 0) is 58.6 Å². The molecular weight excluding hydrogens is 442 g/mol. The Kier molecular flexibility index (Phi) is 5.75. The van der Waals surface area contributed by atoms with Crippen LogP contribution in [0.25, 0.3) is 16.2 Å². The predicted molar refractivity (Wildman–Crippen MR) is 128 cm³/mol. The quantitative estimate of drug-likeness (QED) is 0.413. The van der Waals surface area contributed by atoms with Crippen LogP contribution in [0.2, 0.25) is 0 Å². The third kappa shape index (κ3) is 4.18. The fourth-order valence-corrected chi connectivity index (χ4v) is 6.61. The van der Waals surface area contributed by atoms with Crippen LogP contribution in [0.1, 0.15) is 54.9 Å². The summed E-state index contributed by atoms with van der Waals surface area (Å²) >= 11 is 3.21. The molecule has 9 heteroatoms. The average Bonchev–Trinajstić information content (AvgIpc) is 3.30. The fraction of sp³-hybridized carbons (Fsp3) is 0.565. The van der Waals surface area contributed by atoms with Gasteiger partial charge in [-0.15, -0.1) is 11.3 Å². The van der Waals surface area contributed by atoms with Crippen molar-refractivity contribution in [2.45, 2.75) is 70.6 Å². The molecule has 0 radical (unpaired) electrons. The smallest absolute Gasteiger partial charge is 0.253 e. The lowest BCUT2D eigenvalue weighted by Crippen LogP contribution is -2.36. The highest BCUT2D eigenvalue weighted by atomic mass is 32.2. The van der Waals surface area contributed by atoms with E-state index in [0.717, 1.165) is 59.0 Å². The molecule has 1 fully saturated rings. The van der Waals surface area contributed by atoms with Crippen LogP contribution in [-0.4, -0.2) is 55.0 Å². The van der Waals surface area contributed by atoms with Gasteiger partial charge in [-0.25, -0.2) is 9.67 Å². The maximum Gasteiger partial charge on any atom is 0.253 e. The zero-order valence-corrected chi connectivity index (χ0v) is 20.7. The third-order valence-electron chi connectivity index (χ3n) is 6.13. The number of amides is 1. The van der Waals surface area contributed by atoms with Crippen LogP contribution in [0.4, 0.5) is 0 Å². The summed E-state index contributed by atoms with van der Waals surface area (Å²) in [6.07, 6.45) is 4.24. The number of aromatic nitrogens is 4. The van der Waals surface area contributed by atoms with Gasteiger partial charge in [0.1, 0.15) is 9.86 Å². The Bertz CT molecular complexity index is 1180. The molecule has 0 bridgehead atoms. The Morgan fingerprint density at radius 2 is 2.00 bits per heavy atom. The average molecular weight is 472 g/mol. The van der Waals surface area contributed by atoms with E-state index in [-0.39, 0.29) is 11.5 Å². The molecule has 2 aliphatic rings. The molecular formula is C23H29N5O2S2. The van der Waals surface area contributed by atoms with Crippen LogP contribution in [0, 0.1) is 13.8 Å². The summed E-state index contributed by atoms with van der Waals surface area (Å²) in [4.78, 5) is 26.9. The molecule has 0 atom stereocenters. The number of ether oxygens (including phenoxy) is 1. The van der Waals surface area contributed by atoms with E-state index in [1.807, 2.05) is 24.8 Å². The Labute approximate surface area is 196 Å². The summed E-state index contributed by atoms with van der Waals surface area (Å²) in [6, 6.07) is 2.02. The second-order valence-electron chi connectivity index (χ2n) is 9.31. The standard InChI is InChI=1S/C23H29N5O2S2/c1-14-10-15(2)28(26-14)22-24-20(31-13-18(29)27-8-6-5-7-9-27)19-16-11-23(3,4)30-12-17(16)32-21(19)25-22/h10H,5-9,11-13H2,1-4H3. The molecule has 5 heterocycles. The molecule has 0 spiro atoms. The number of hydrogen-bond donors (Lipinski definition) is 0. The molecule has 170 valence electrons. The summed E-state index contributed by atoms with van der Waals surface area (Å²) in [5, 5.41) is 6.55. The Morgan fingerprint density at radius 1 is 1.22 bits per heavy atom. The number of rotatable bonds is 4. The van der Waals surface area contributed by atoms with Gasteiger partial charge in [0.25, 0.3) is 5.95 Å². The lowest BCUT2D eigenvalue weighted by molar-refractivity contribution is -0.129. The van der Waals surface area contributed by atoms with E-state index in [4.69, 9.17) is 14.7 Å². The first-order valence-corrected chi connectivity index (χ1v) is 13.0. The minimum absolute atomic E-state index is 0.196. The van der Waals surface area contributed by atoms with Gasteiger partial charge in [-0.1, -0.05) is 11.8 Å². The molecule has 0 saturated carbocycles. The second kappa shape index (κ2) is 8.43. The van der Waals surface area contributed by atoms with Crippen LogP contribution in [-0.2, 0) is 22.6 Å². The SMILES string of the molecule is Cc1cc(C)n(-c2nc(SCC(=O)N3CCCCC3)c3c4c(sc3n2)COC(C)(C)C4)n1. The lowest BCUT2D eigenvalue weighted by atomic mass is 9.95. The van der Waals surface area contributed by atoms with Gasteiger partial charge in [-0.3, -0.25) is 4.79 Å². The number of likely N-dealkylation sites (tertiary alicyclic amines) is 1. The topological polar surface area (TPSA) is 73.1 Å². The van der Waals surface area contributed by atoms with Crippen LogP contribution in [0.3, 0.4) is 0 Å². The molecule has 0 aromatic carbocycles. The lowest BCUT2D eigenvalue weighted by Gasteiger charge is -2.30. The number of nitrogens with zero attached hydrogens (tertiary/aromatic N) is 5. The highest BCUT2D eigenvalue weighted by molar-refractivity contribution is 8.00. The molecule has 0 N–H and O–H groups in total. The number of aryl methyl sites for hydroxylation is 2. The first-order chi connectivity index (χ1) is 15.3. The number of hydrogen-bond acceptors (Lipinski definition) is 7. The number of carbonyl (C=O) groups excluding carboxylic acids is 1. The van der Waals surface area contributed by atoms with Gasteiger partial charge in [0.05, 0.1) is 23.7 Å². The molecule has 2 aliphatic heterocycles. The summed E-state index contributed by atoms with van der Waals surface area (Å²) < 4.78 is 7.85. The molecule has 7 nitrogen and oxygen atoms in total. The highest BCUT2D eigenvalue weighted by Crippen LogP contribution is 2.42. The molecule has 0 aliphatic carbocycles. The van der Waals surface area contributed by atoms with Crippen molar-refractivity contribution in [1.29, 1.82) is 0 Å². The van der Waals surface area contributed by atoms with E-state index >= 15 is 0 Å². The van der Waals surface area contributed by atoms with E-state index < -0.39 is 0 Å². The molecule has 5 rings (SSSR count). The zero-order chi connectivity index (χ0) is 22.5. The van der Waals surface area contributed by atoms with Crippen LogP contribution in [0.15, 0.2) is 11.1 Å². The normalized spacial score (nSPS) is 18.2. The third-order valence-corrected chi connectivity index (χ3v) is 8.19. The molecule has 3 aromatic heterocycles. The van der Waals surface area contributed by atoms with Crippen LogP contribution >= 0.6 is 23.1 Å². The first-order valence-electron chi connectivity index (χ1n) is 11.2. The van der Waals surface area contributed by atoms with Crippen molar-refractivity contribution in [1.82, 2.24) is 24.6 Å². The van der Waals surface area contributed by atoms with Gasteiger partial charge in [0, 0.05) is 35.5 Å². The second-order valence-corrected chi connectivity index (χ2v) is 11.4. The number of fused-ring (bicyclic) bond motifs is 3. The van der Waals surface area contributed by atoms with Crippen LogP contribution < -0.4 is 0 Å². The van der Waals surface area contributed by atoms with Crippen LogP contribution in [0.5, 0.6) is 0 Å². The Balaban J connectivity index is 1.55. The zero-order valence-electron chi connectivity index (χ0n) is 19.1. The van der Waals surface area contributed by atoms with E-state index in [2.05, 4.69) is 18.9 Å². The highest BCUT2D eigenvalue weighted by Gasteiger charge is 2.31. The predicted octanol–water partition coefficient (Wildman–Crippen LogP) is 4.45. The van der Waals surface area contributed by atoms with Crippen molar-refractivity contribution >= 4 is 39.2 Å². The van der Waals surface area contributed by atoms with Gasteiger partial charge in [0.15, 0.2) is 0 Å². The molecule has 32 heavy (non-hydrogen) atoms. The fourth-order valence-electron chi connectivity index (χ4n) is 4.50. The van der Waals surface area contributed by atoms with E-state index in [1.54, 1.807) is 16.0 Å². The molecule has 1 amide bonds. The maximum atomic E-state index is 12.9. The number of thioether (sulfide) groups is 1. The monoisotopic (exact) mass is 471 g/mol. The van der Waals surface area contributed by atoms with E-state index in [1.165, 1.54) is 28.6 Å². The van der Waals surface area contributed by atoms with Crippen molar-refractivity contribution < 1.29 is 9.53 Å². The summed E-state index contributed by atoms with van der Waals surface area (Å²) in [7, 11) is 0. The minimum Gasteiger partial charge on any atom is -0.370 e. The molecule has 0 unspecified atom stereocenters. The summed E-state index contributed by atoms with van der Waals surface area (Å²) in [5.41, 5.74) is 2.98. The van der Waals surface area contributed by atoms with Gasteiger partial charge in [0.2, 0.25) is 5.91 Å². The minimum atomic E-state index is -0.221. The van der Waals surface area contributed by atoms with Crippen molar-refractivity contribution in [2.24, 2.45) is 0 Å². The molecule has 3 aromatic rings. The Hall–Kier alpha value is -1.97. The van der Waals surface area contributed by atoms with Crippen molar-refractivity contribution in [3.05, 3.63) is 27.9 Å². The van der Waals surface area contributed by atoms with Gasteiger partial charge in [-0.2, -0.15) is 10.1 Å². The van der Waals surface area contributed by atoms with Crippen molar-refractivity contribution in [3.8, 4) is 5.95 Å². The van der Waals surface area contributed by atoms with E-state index in [9.17, 15) is 4.79 Å². The number of carbonyl (C=O) groups is 1. The largest absolute Gasteiger partial charge is 0.370 e. The number of piperidine rings is 1. The number of thiophene rings is 1. The van der Waals surface area contributed by atoms with Crippen molar-refractivity contribution in [3.63, 3.8) is 0 Å². The Morgan fingerprint density at radius 3 is 2.72 bits per heavy atom.